The highest BCUT2D eigenvalue weighted by molar-refractivity contribution is 7.92. The van der Waals surface area contributed by atoms with Crippen LogP contribution in [0.25, 0.3) is 6.08 Å². The highest BCUT2D eigenvalue weighted by Crippen LogP contribution is 2.67. The van der Waals surface area contributed by atoms with Crippen LogP contribution >= 0.6 is 15.2 Å². The summed E-state index contributed by atoms with van der Waals surface area (Å²) in [7, 11) is -13.9. The molecule has 0 aromatic heterocycles. The summed E-state index contributed by atoms with van der Waals surface area (Å²) in [4.78, 5) is 0. The lowest BCUT2D eigenvalue weighted by atomic mass is 10.1. The van der Waals surface area contributed by atoms with Gasteiger partial charge in [0.2, 0.25) is 10.0 Å². The van der Waals surface area contributed by atoms with Crippen molar-refractivity contribution in [3.63, 3.8) is 0 Å². The molecule has 0 saturated carbocycles. The first-order chi connectivity index (χ1) is 22.6. The van der Waals surface area contributed by atoms with Gasteiger partial charge in [-0.15, -0.1) is 0 Å². The molecule has 0 aliphatic heterocycles. The first-order valence-corrected chi connectivity index (χ1v) is 19.6. The lowest BCUT2D eigenvalue weighted by molar-refractivity contribution is 0.0360. The first-order valence-electron chi connectivity index (χ1n) is 15.0. The summed E-state index contributed by atoms with van der Waals surface area (Å²) in [5.74, 6) is 0. The van der Waals surface area contributed by atoms with Crippen LogP contribution in [-0.4, -0.2) is 39.2 Å². The maximum absolute atomic E-state index is 15.3. The Morgan fingerprint density at radius 2 is 0.979 bits per heavy atom. The van der Waals surface area contributed by atoms with Gasteiger partial charge in [-0.25, -0.2) is 8.42 Å². The van der Waals surface area contributed by atoms with Crippen LogP contribution in [0.1, 0.15) is 55.5 Å². The summed E-state index contributed by atoms with van der Waals surface area (Å²) >= 11 is 0. The second-order valence-corrected chi connectivity index (χ2v) is 16.1. The number of hydrogen-bond acceptors (Lipinski definition) is 8. The Hall–Kier alpha value is -2.67. The van der Waals surface area contributed by atoms with Crippen LogP contribution in [0, 0.1) is 0 Å². The van der Waals surface area contributed by atoms with Gasteiger partial charge in [-0.05, 0) is 50.5 Å². The van der Waals surface area contributed by atoms with Gasteiger partial charge < -0.3 is 18.1 Å². The molecule has 264 valence electrons. The van der Waals surface area contributed by atoms with E-state index < -0.39 is 47.7 Å². The molecular formula is C32H39F4NO8P2S. The van der Waals surface area contributed by atoms with Crippen LogP contribution in [0.5, 0.6) is 0 Å². The summed E-state index contributed by atoms with van der Waals surface area (Å²) in [5, 5.41) is 0.980. The maximum atomic E-state index is 15.3. The Balaban J connectivity index is 1.96. The second kappa shape index (κ2) is 16.8. The fraction of sp³-hybridized carbons (Fsp3) is 0.375. The molecule has 48 heavy (non-hydrogen) atoms. The highest BCUT2D eigenvalue weighted by Gasteiger charge is 2.55. The number of sulfonamides is 1. The van der Waals surface area contributed by atoms with Crippen molar-refractivity contribution in [3.05, 3.63) is 112 Å². The van der Waals surface area contributed by atoms with Gasteiger partial charge in [-0.3, -0.25) is 9.13 Å². The van der Waals surface area contributed by atoms with Gasteiger partial charge in [0.15, 0.2) is 0 Å². The Labute approximate surface area is 279 Å². The van der Waals surface area contributed by atoms with Crippen molar-refractivity contribution in [2.24, 2.45) is 0 Å². The molecule has 0 saturated heterocycles. The number of benzene rings is 3. The average Bonchev–Trinajstić information content (AvgIpc) is 3.05. The van der Waals surface area contributed by atoms with E-state index in [0.717, 1.165) is 34.0 Å². The van der Waals surface area contributed by atoms with E-state index in [2.05, 4.69) is 0 Å². The van der Waals surface area contributed by atoms with Crippen molar-refractivity contribution in [1.82, 2.24) is 4.31 Å². The minimum atomic E-state index is -4.87. The van der Waals surface area contributed by atoms with Gasteiger partial charge in [0, 0.05) is 29.6 Å². The molecule has 0 aliphatic rings. The summed E-state index contributed by atoms with van der Waals surface area (Å²) < 4.78 is 134. The molecule has 9 nitrogen and oxygen atoms in total. The smallest absolute Gasteiger partial charge is 0.304 e. The predicted octanol–water partition coefficient (Wildman–Crippen LogP) is 9.32. The Morgan fingerprint density at radius 1 is 0.625 bits per heavy atom. The number of nitrogens with zero attached hydrogens (tertiary/aromatic N) is 1. The van der Waals surface area contributed by atoms with Gasteiger partial charge in [0.1, 0.15) is 0 Å². The normalized spacial score (nSPS) is 13.4. The fourth-order valence-corrected chi connectivity index (χ4v) is 8.72. The minimum Gasteiger partial charge on any atom is -0.304 e. The van der Waals surface area contributed by atoms with Crippen molar-refractivity contribution in [2.75, 3.05) is 26.4 Å². The lowest BCUT2D eigenvalue weighted by Crippen LogP contribution is -2.28. The maximum Gasteiger partial charge on any atom is 0.404 e. The molecule has 0 heterocycles. The van der Waals surface area contributed by atoms with E-state index in [1.54, 1.807) is 30.3 Å². The molecule has 0 unspecified atom stereocenters. The minimum absolute atomic E-state index is 0.273. The molecule has 3 aromatic rings. The van der Waals surface area contributed by atoms with E-state index in [1.165, 1.54) is 58.0 Å². The molecule has 0 atom stereocenters. The lowest BCUT2D eigenvalue weighted by Gasteiger charge is -2.26. The van der Waals surface area contributed by atoms with Crippen molar-refractivity contribution in [3.8, 4) is 0 Å². The molecule has 0 radical (unpaired) electrons. The predicted molar refractivity (Wildman–Crippen MR) is 176 cm³/mol. The number of alkyl halides is 4. The monoisotopic (exact) mass is 735 g/mol. The van der Waals surface area contributed by atoms with Crippen LogP contribution < -0.4 is 0 Å². The third kappa shape index (κ3) is 9.31. The first kappa shape index (κ1) is 39.8. The molecule has 0 amide bonds. The van der Waals surface area contributed by atoms with Crippen LogP contribution in [-0.2, 0) is 61.7 Å². The molecule has 0 fully saturated rings. The van der Waals surface area contributed by atoms with Crippen molar-refractivity contribution in [2.45, 2.75) is 52.1 Å². The van der Waals surface area contributed by atoms with E-state index in [9.17, 15) is 17.5 Å². The standard InChI is InChI=1S/C32H39F4NO8P2S/c1-5-42-46(38,43-6-2)31(33,34)29-18-14-27(15-19-29)24-37(48(40,41)23-22-26-12-10-9-11-13-26)25-28-16-20-30(21-17-28)32(35,36)47(39,44-7-3)45-8-4/h9-23H,5-8,24-25H2,1-4H3/b23-22+. The third-order valence-electron chi connectivity index (χ3n) is 6.80. The number of hydrogen-bond donors (Lipinski definition) is 0. The van der Waals surface area contributed by atoms with Crippen molar-refractivity contribution < 1.29 is 53.2 Å². The fourth-order valence-electron chi connectivity index (χ4n) is 4.47. The SMILES string of the molecule is CCOP(=O)(OCC)C(F)(F)c1ccc(CN(Cc2ccc(C(F)(F)P(=O)(OCC)OCC)cc2)S(=O)(=O)/C=C/c2ccccc2)cc1. The summed E-state index contributed by atoms with van der Waals surface area (Å²) in [6.45, 7) is 3.94. The van der Waals surface area contributed by atoms with Crippen molar-refractivity contribution >= 4 is 31.3 Å². The number of rotatable bonds is 19. The zero-order chi connectivity index (χ0) is 35.6. The summed E-state index contributed by atoms with van der Waals surface area (Å²) in [5.41, 5.74) is -8.08. The van der Waals surface area contributed by atoms with E-state index in [4.69, 9.17) is 18.1 Å². The van der Waals surface area contributed by atoms with Crippen LogP contribution in [0.4, 0.5) is 17.6 Å². The second-order valence-electron chi connectivity index (χ2n) is 10.2. The van der Waals surface area contributed by atoms with Gasteiger partial charge in [-0.1, -0.05) is 78.9 Å². The molecule has 0 spiro atoms. The van der Waals surface area contributed by atoms with Crippen LogP contribution in [0.3, 0.4) is 0 Å². The topological polar surface area (TPSA) is 108 Å². The zero-order valence-corrected chi connectivity index (χ0v) is 29.5. The molecule has 0 N–H and O–H groups in total. The molecular weight excluding hydrogens is 696 g/mol. The molecule has 0 aliphatic carbocycles. The Bertz CT molecular complexity index is 1600. The largest absolute Gasteiger partial charge is 0.404 e. The van der Waals surface area contributed by atoms with Crippen LogP contribution in [0.2, 0.25) is 0 Å². The highest BCUT2D eigenvalue weighted by atomic mass is 32.2. The summed E-state index contributed by atoms with van der Waals surface area (Å²) in [6.07, 6.45) is 1.38. The molecule has 16 heteroatoms. The molecule has 3 rings (SSSR count). The van der Waals surface area contributed by atoms with E-state index in [-0.39, 0.29) is 39.5 Å². The van der Waals surface area contributed by atoms with Gasteiger partial charge in [0.25, 0.3) is 0 Å². The van der Waals surface area contributed by atoms with Gasteiger partial charge in [-0.2, -0.15) is 21.9 Å². The van der Waals surface area contributed by atoms with E-state index >= 15 is 17.6 Å². The van der Waals surface area contributed by atoms with Gasteiger partial charge in [0.05, 0.1) is 26.4 Å². The summed E-state index contributed by atoms with van der Waals surface area (Å²) in [6, 6.07) is 17.7. The Morgan fingerprint density at radius 3 is 1.31 bits per heavy atom. The van der Waals surface area contributed by atoms with E-state index in [0.29, 0.717) is 16.7 Å². The third-order valence-corrected chi connectivity index (χ3v) is 12.5. The van der Waals surface area contributed by atoms with E-state index in [1.807, 2.05) is 0 Å². The quantitative estimate of drug-likeness (QED) is 0.0886. The van der Waals surface area contributed by atoms with Gasteiger partial charge >= 0.3 is 26.5 Å². The average molecular weight is 736 g/mol. The number of halogens is 4. The van der Waals surface area contributed by atoms with Crippen LogP contribution in [0.15, 0.2) is 84.3 Å². The van der Waals surface area contributed by atoms with Crippen molar-refractivity contribution in [1.29, 1.82) is 0 Å². The molecule has 0 bridgehead atoms. The molecule has 3 aromatic carbocycles. The Kier molecular flexibility index (Phi) is 13.9. The zero-order valence-electron chi connectivity index (χ0n) is 26.9.